The zero-order chi connectivity index (χ0) is 15.7. The van der Waals surface area contributed by atoms with Gasteiger partial charge >= 0.3 is 0 Å². The maximum absolute atomic E-state index is 13.0. The van der Waals surface area contributed by atoms with Gasteiger partial charge in [0.25, 0.3) is 5.91 Å². The minimum atomic E-state index is 0.101. The van der Waals surface area contributed by atoms with Crippen LogP contribution in [0, 0.1) is 12.8 Å². The number of fused-ring (bicyclic) bond motifs is 3. The van der Waals surface area contributed by atoms with Crippen molar-refractivity contribution in [1.29, 1.82) is 0 Å². The van der Waals surface area contributed by atoms with Crippen molar-refractivity contribution in [1.82, 2.24) is 9.80 Å². The summed E-state index contributed by atoms with van der Waals surface area (Å²) < 4.78 is 11.1. The molecular weight excluding hydrogens is 280 g/mol. The third kappa shape index (κ3) is 2.83. The molecule has 0 unspecified atom stereocenters. The molecule has 5 nitrogen and oxygen atoms in total. The van der Waals surface area contributed by atoms with E-state index < -0.39 is 0 Å². The molecule has 2 saturated heterocycles. The number of hydrogen-bond acceptors (Lipinski definition) is 4. The molecule has 3 rings (SSSR count). The van der Waals surface area contributed by atoms with Gasteiger partial charge in [-0.05, 0) is 26.1 Å². The fourth-order valence-corrected chi connectivity index (χ4v) is 3.45. The second-order valence-corrected chi connectivity index (χ2v) is 6.34. The Balaban J connectivity index is 1.86. The number of amides is 1. The molecule has 0 saturated carbocycles. The van der Waals surface area contributed by atoms with E-state index in [1.165, 1.54) is 0 Å². The summed E-state index contributed by atoms with van der Waals surface area (Å²) in [7, 11) is 3.76. The van der Waals surface area contributed by atoms with Gasteiger partial charge in [0.05, 0.1) is 26.4 Å². The molecule has 2 heterocycles. The maximum Gasteiger partial charge on any atom is 0.254 e. The Labute approximate surface area is 131 Å². The van der Waals surface area contributed by atoms with Crippen LogP contribution in [0.4, 0.5) is 0 Å². The SMILES string of the molecule is COc1cccc(C(=O)N2C[C@@H]3COC[C@H](C2)N(C)C3)c1C. The van der Waals surface area contributed by atoms with E-state index in [9.17, 15) is 4.79 Å². The van der Waals surface area contributed by atoms with Crippen LogP contribution in [0.25, 0.3) is 0 Å². The molecule has 5 heteroatoms. The predicted molar refractivity (Wildman–Crippen MR) is 84.4 cm³/mol. The van der Waals surface area contributed by atoms with Gasteiger partial charge in [-0.25, -0.2) is 0 Å². The first-order valence-corrected chi connectivity index (χ1v) is 7.81. The Morgan fingerprint density at radius 1 is 1.27 bits per heavy atom. The monoisotopic (exact) mass is 304 g/mol. The molecule has 1 amide bonds. The molecular formula is C17H24N2O3. The highest BCUT2D eigenvalue weighted by molar-refractivity contribution is 5.96. The molecule has 2 bridgehead atoms. The van der Waals surface area contributed by atoms with Gasteiger partial charge in [0.1, 0.15) is 5.75 Å². The molecule has 0 N–H and O–H groups in total. The molecule has 22 heavy (non-hydrogen) atoms. The van der Waals surface area contributed by atoms with Gasteiger partial charge in [-0.3, -0.25) is 9.69 Å². The lowest BCUT2D eigenvalue weighted by Gasteiger charge is -2.30. The quantitative estimate of drug-likeness (QED) is 0.828. The van der Waals surface area contributed by atoms with Crippen molar-refractivity contribution in [3.05, 3.63) is 29.3 Å². The van der Waals surface area contributed by atoms with Crippen molar-refractivity contribution in [3.8, 4) is 5.75 Å². The van der Waals surface area contributed by atoms with E-state index >= 15 is 0 Å². The Hall–Kier alpha value is -1.59. The van der Waals surface area contributed by atoms with Crippen LogP contribution in [0.3, 0.4) is 0 Å². The van der Waals surface area contributed by atoms with Crippen LogP contribution >= 0.6 is 0 Å². The summed E-state index contributed by atoms with van der Waals surface area (Å²) in [5.74, 6) is 1.25. The summed E-state index contributed by atoms with van der Waals surface area (Å²) in [6, 6.07) is 5.95. The largest absolute Gasteiger partial charge is 0.496 e. The molecule has 0 spiro atoms. The summed E-state index contributed by atoms with van der Waals surface area (Å²) in [5, 5.41) is 0. The number of nitrogens with zero attached hydrogens (tertiary/aromatic N) is 2. The standard InChI is InChI=1S/C17H24N2O3/c1-12-15(5-4-6-16(12)21-3)17(20)19-8-13-7-18(2)14(9-19)11-22-10-13/h4-6,13-14H,7-11H2,1-3H3/t13-,14+/m1/s1. The Morgan fingerprint density at radius 2 is 2.09 bits per heavy atom. The second kappa shape index (κ2) is 6.26. The lowest BCUT2D eigenvalue weighted by Crippen LogP contribution is -2.44. The highest BCUT2D eigenvalue weighted by Gasteiger charge is 2.34. The minimum absolute atomic E-state index is 0.101. The van der Waals surface area contributed by atoms with Crippen LogP contribution in [0.1, 0.15) is 15.9 Å². The van der Waals surface area contributed by atoms with E-state index in [0.29, 0.717) is 12.5 Å². The highest BCUT2D eigenvalue weighted by atomic mass is 16.5. The fourth-order valence-electron chi connectivity index (χ4n) is 3.45. The second-order valence-electron chi connectivity index (χ2n) is 6.34. The Morgan fingerprint density at radius 3 is 2.86 bits per heavy atom. The lowest BCUT2D eigenvalue weighted by atomic mass is 10.0. The van der Waals surface area contributed by atoms with Gasteiger partial charge in [0, 0.05) is 36.7 Å². The van der Waals surface area contributed by atoms with Crippen LogP contribution in [-0.4, -0.2) is 68.8 Å². The molecule has 2 fully saturated rings. The number of ether oxygens (including phenoxy) is 2. The van der Waals surface area contributed by atoms with Gasteiger partial charge in [-0.2, -0.15) is 0 Å². The molecule has 2 atom stereocenters. The van der Waals surface area contributed by atoms with E-state index in [-0.39, 0.29) is 11.9 Å². The van der Waals surface area contributed by atoms with Crippen LogP contribution in [0.15, 0.2) is 18.2 Å². The minimum Gasteiger partial charge on any atom is -0.496 e. The smallest absolute Gasteiger partial charge is 0.254 e. The zero-order valence-electron chi connectivity index (χ0n) is 13.5. The molecule has 1 aromatic carbocycles. The normalized spacial score (nSPS) is 25.7. The average Bonchev–Trinajstić information content (AvgIpc) is 2.75. The van der Waals surface area contributed by atoms with Crippen molar-refractivity contribution in [2.45, 2.75) is 13.0 Å². The third-order valence-corrected chi connectivity index (χ3v) is 4.76. The van der Waals surface area contributed by atoms with E-state index in [2.05, 4.69) is 11.9 Å². The van der Waals surface area contributed by atoms with Gasteiger partial charge in [0.2, 0.25) is 0 Å². The lowest BCUT2D eigenvalue weighted by molar-refractivity contribution is 0.0433. The predicted octanol–water partition coefficient (Wildman–Crippen LogP) is 1.41. The molecule has 1 aromatic rings. The number of methoxy groups -OCH3 is 1. The number of likely N-dealkylation sites (N-methyl/N-ethyl adjacent to an activating group) is 1. The average molecular weight is 304 g/mol. The molecule has 2 aliphatic rings. The topological polar surface area (TPSA) is 42.0 Å². The number of rotatable bonds is 2. The first kappa shape index (κ1) is 15.3. The van der Waals surface area contributed by atoms with Crippen LogP contribution < -0.4 is 4.74 Å². The molecule has 120 valence electrons. The van der Waals surface area contributed by atoms with Crippen molar-refractivity contribution in [3.63, 3.8) is 0 Å². The number of benzene rings is 1. The number of carbonyl (C=O) groups is 1. The van der Waals surface area contributed by atoms with Crippen molar-refractivity contribution in [2.24, 2.45) is 5.92 Å². The first-order chi connectivity index (χ1) is 10.6. The van der Waals surface area contributed by atoms with E-state index in [1.807, 2.05) is 30.0 Å². The van der Waals surface area contributed by atoms with Gasteiger partial charge < -0.3 is 14.4 Å². The van der Waals surface area contributed by atoms with E-state index in [0.717, 1.165) is 43.1 Å². The van der Waals surface area contributed by atoms with E-state index in [1.54, 1.807) is 7.11 Å². The molecule has 0 aromatic heterocycles. The summed E-state index contributed by atoms with van der Waals surface area (Å²) in [6.45, 7) is 5.86. The molecule has 2 aliphatic heterocycles. The fraction of sp³-hybridized carbons (Fsp3) is 0.588. The summed E-state index contributed by atoms with van der Waals surface area (Å²) in [6.07, 6.45) is 0. The summed E-state index contributed by atoms with van der Waals surface area (Å²) in [4.78, 5) is 17.3. The van der Waals surface area contributed by atoms with Gasteiger partial charge in [0.15, 0.2) is 0 Å². The van der Waals surface area contributed by atoms with Gasteiger partial charge in [-0.15, -0.1) is 0 Å². The number of hydrogen-bond donors (Lipinski definition) is 0. The zero-order valence-corrected chi connectivity index (χ0v) is 13.5. The number of carbonyl (C=O) groups excluding carboxylic acids is 1. The summed E-state index contributed by atoms with van der Waals surface area (Å²) >= 11 is 0. The first-order valence-electron chi connectivity index (χ1n) is 7.81. The Kier molecular flexibility index (Phi) is 4.36. The van der Waals surface area contributed by atoms with Crippen LogP contribution in [0.2, 0.25) is 0 Å². The summed E-state index contributed by atoms with van der Waals surface area (Å²) in [5.41, 5.74) is 1.65. The van der Waals surface area contributed by atoms with Gasteiger partial charge in [-0.1, -0.05) is 6.07 Å². The third-order valence-electron chi connectivity index (χ3n) is 4.76. The van der Waals surface area contributed by atoms with Crippen LogP contribution in [0.5, 0.6) is 5.75 Å². The highest BCUT2D eigenvalue weighted by Crippen LogP contribution is 2.25. The molecule has 0 aliphatic carbocycles. The van der Waals surface area contributed by atoms with Crippen molar-refractivity contribution < 1.29 is 14.3 Å². The molecule has 0 radical (unpaired) electrons. The Bertz CT molecular complexity index is 561. The van der Waals surface area contributed by atoms with E-state index in [4.69, 9.17) is 9.47 Å². The maximum atomic E-state index is 13.0. The van der Waals surface area contributed by atoms with Crippen molar-refractivity contribution in [2.75, 3.05) is 47.0 Å². The van der Waals surface area contributed by atoms with Crippen LogP contribution in [-0.2, 0) is 4.74 Å². The van der Waals surface area contributed by atoms with Crippen molar-refractivity contribution >= 4 is 5.91 Å².